The molecule has 0 unspecified atom stereocenters. The molecule has 0 aliphatic carbocycles. The first-order valence-corrected chi connectivity index (χ1v) is 10.1. The fraction of sp³-hybridized carbons (Fsp3) is 0.636. The molecule has 0 atom stereocenters. The van der Waals surface area contributed by atoms with Crippen molar-refractivity contribution in [1.82, 2.24) is 14.5 Å². The van der Waals surface area contributed by atoms with Crippen molar-refractivity contribution >= 4 is 16.9 Å². The van der Waals surface area contributed by atoms with Crippen molar-refractivity contribution in [1.29, 1.82) is 0 Å². The van der Waals surface area contributed by atoms with Gasteiger partial charge >= 0.3 is 0 Å². The fourth-order valence-corrected chi connectivity index (χ4v) is 3.43. The van der Waals surface area contributed by atoms with Gasteiger partial charge in [0.2, 0.25) is 5.91 Å². The zero-order valence-electron chi connectivity index (χ0n) is 17.7. The second-order valence-corrected chi connectivity index (χ2v) is 8.45. The Morgan fingerprint density at radius 2 is 1.70 bits per heavy atom. The first kappa shape index (κ1) is 21.4. The molecule has 0 saturated carbocycles. The second-order valence-electron chi connectivity index (χ2n) is 8.45. The highest BCUT2D eigenvalue weighted by atomic mass is 16.3. The molecule has 2 rings (SSSR count). The van der Waals surface area contributed by atoms with Crippen LogP contribution in [0.2, 0.25) is 0 Å². The molecule has 5 nitrogen and oxygen atoms in total. The first-order valence-electron chi connectivity index (χ1n) is 10.1. The van der Waals surface area contributed by atoms with Gasteiger partial charge in [0.15, 0.2) is 0 Å². The Hall–Kier alpha value is -1.88. The molecule has 0 aliphatic rings. The molecule has 1 N–H and O–H groups in total. The van der Waals surface area contributed by atoms with E-state index in [1.807, 2.05) is 9.47 Å². The van der Waals surface area contributed by atoms with Gasteiger partial charge in [-0.1, -0.05) is 27.7 Å². The Balaban J connectivity index is 2.38. The topological polar surface area (TPSA) is 58.4 Å². The molecule has 5 heteroatoms. The molecule has 150 valence electrons. The number of carbonyl (C=O) groups excluding carboxylic acids is 1. The van der Waals surface area contributed by atoms with Crippen molar-refractivity contribution in [3.8, 4) is 0 Å². The minimum Gasteiger partial charge on any atom is -0.396 e. The summed E-state index contributed by atoms with van der Waals surface area (Å²) >= 11 is 0. The van der Waals surface area contributed by atoms with E-state index in [0.29, 0.717) is 31.2 Å². The van der Waals surface area contributed by atoms with Crippen LogP contribution in [0.15, 0.2) is 12.1 Å². The van der Waals surface area contributed by atoms with Gasteiger partial charge in [-0.25, -0.2) is 4.98 Å². The van der Waals surface area contributed by atoms with Crippen LogP contribution in [-0.4, -0.2) is 45.2 Å². The number of fused-ring (bicyclic) bond motifs is 1. The van der Waals surface area contributed by atoms with Gasteiger partial charge in [-0.2, -0.15) is 0 Å². The molecule has 0 radical (unpaired) electrons. The smallest absolute Gasteiger partial charge is 0.242 e. The van der Waals surface area contributed by atoms with Crippen LogP contribution in [0, 0.1) is 25.7 Å². The highest BCUT2D eigenvalue weighted by Crippen LogP contribution is 2.22. The van der Waals surface area contributed by atoms with Crippen molar-refractivity contribution in [3.05, 3.63) is 29.1 Å². The van der Waals surface area contributed by atoms with Crippen LogP contribution in [0.3, 0.4) is 0 Å². The van der Waals surface area contributed by atoms with Crippen molar-refractivity contribution in [2.45, 2.75) is 60.9 Å². The number of amides is 1. The van der Waals surface area contributed by atoms with E-state index in [0.717, 1.165) is 29.9 Å². The maximum Gasteiger partial charge on any atom is 0.242 e. The minimum absolute atomic E-state index is 0.127. The minimum atomic E-state index is 0.127. The Morgan fingerprint density at radius 3 is 2.26 bits per heavy atom. The van der Waals surface area contributed by atoms with Crippen molar-refractivity contribution in [3.63, 3.8) is 0 Å². The highest BCUT2D eigenvalue weighted by molar-refractivity contribution is 5.82. The van der Waals surface area contributed by atoms with Gasteiger partial charge in [-0.05, 0) is 55.4 Å². The summed E-state index contributed by atoms with van der Waals surface area (Å²) in [5, 5.41) is 9.24. The van der Waals surface area contributed by atoms with Crippen LogP contribution >= 0.6 is 0 Å². The number of benzene rings is 1. The summed E-state index contributed by atoms with van der Waals surface area (Å²) in [5.74, 6) is 1.89. The maximum atomic E-state index is 13.1. The van der Waals surface area contributed by atoms with E-state index in [1.54, 1.807) is 0 Å². The lowest BCUT2D eigenvalue weighted by Gasteiger charge is -2.27. The number of hydrogen-bond acceptors (Lipinski definition) is 3. The zero-order valence-corrected chi connectivity index (χ0v) is 17.7. The molecule has 27 heavy (non-hydrogen) atoms. The Morgan fingerprint density at radius 1 is 1.11 bits per heavy atom. The summed E-state index contributed by atoms with van der Waals surface area (Å²) in [7, 11) is 0. The molecule has 2 aromatic rings. The fourth-order valence-electron chi connectivity index (χ4n) is 3.43. The number of aromatic nitrogens is 2. The van der Waals surface area contributed by atoms with Crippen molar-refractivity contribution < 1.29 is 9.90 Å². The quantitative estimate of drug-likeness (QED) is 0.729. The van der Waals surface area contributed by atoms with Gasteiger partial charge in [0, 0.05) is 26.1 Å². The number of rotatable bonds is 9. The average Bonchev–Trinajstić information content (AvgIpc) is 2.88. The van der Waals surface area contributed by atoms with Crippen LogP contribution in [0.5, 0.6) is 0 Å². The molecule has 0 spiro atoms. The average molecular weight is 374 g/mol. The van der Waals surface area contributed by atoms with Gasteiger partial charge < -0.3 is 14.6 Å². The van der Waals surface area contributed by atoms with Crippen LogP contribution in [0.1, 0.15) is 51.1 Å². The number of carbonyl (C=O) groups is 1. The summed E-state index contributed by atoms with van der Waals surface area (Å²) in [6.45, 7) is 14.7. The van der Waals surface area contributed by atoms with E-state index >= 15 is 0 Å². The van der Waals surface area contributed by atoms with Gasteiger partial charge in [-0.15, -0.1) is 0 Å². The van der Waals surface area contributed by atoms with Crippen molar-refractivity contribution in [2.24, 2.45) is 11.8 Å². The highest BCUT2D eigenvalue weighted by Gasteiger charge is 2.20. The number of nitrogens with zero attached hydrogens (tertiary/aromatic N) is 3. The molecule has 1 aromatic carbocycles. The lowest BCUT2D eigenvalue weighted by molar-refractivity contribution is -0.132. The number of aryl methyl sites for hydroxylation is 3. The van der Waals surface area contributed by atoms with Crippen LogP contribution in [0.25, 0.3) is 11.0 Å². The molecular weight excluding hydrogens is 338 g/mol. The Bertz CT molecular complexity index is 767. The van der Waals surface area contributed by atoms with Gasteiger partial charge in [0.1, 0.15) is 12.4 Å². The number of aliphatic hydroxyl groups excluding tert-OH is 1. The summed E-state index contributed by atoms with van der Waals surface area (Å²) in [6.07, 6.45) is 1.32. The monoisotopic (exact) mass is 373 g/mol. The molecule has 0 aliphatic heterocycles. The van der Waals surface area contributed by atoms with Gasteiger partial charge in [0.05, 0.1) is 11.0 Å². The molecule has 1 heterocycles. The maximum absolute atomic E-state index is 13.1. The standard InChI is InChI=1S/C22H35N3O2/c1-15(2)12-24(13-16(3)4)22(27)14-25-20-11-18(6)17(5)10-19(20)23-21(25)8-7-9-26/h10-11,15-16,26H,7-9,12-14H2,1-6H3. The third kappa shape index (κ3) is 5.55. The van der Waals surface area contributed by atoms with E-state index in [-0.39, 0.29) is 12.5 Å². The third-order valence-electron chi connectivity index (χ3n) is 4.82. The van der Waals surface area contributed by atoms with Crippen LogP contribution < -0.4 is 0 Å². The van der Waals surface area contributed by atoms with E-state index in [2.05, 4.69) is 53.7 Å². The van der Waals surface area contributed by atoms with Gasteiger partial charge in [0.25, 0.3) is 0 Å². The number of imidazole rings is 1. The lowest BCUT2D eigenvalue weighted by atomic mass is 10.1. The molecular formula is C22H35N3O2. The summed E-state index contributed by atoms with van der Waals surface area (Å²) < 4.78 is 2.05. The number of hydrogen-bond donors (Lipinski definition) is 1. The van der Waals surface area contributed by atoms with E-state index in [4.69, 9.17) is 4.98 Å². The molecule has 1 aromatic heterocycles. The van der Waals surface area contributed by atoms with E-state index < -0.39 is 0 Å². The lowest BCUT2D eigenvalue weighted by Crippen LogP contribution is -2.39. The zero-order chi connectivity index (χ0) is 20.1. The predicted octanol–water partition coefficient (Wildman–Crippen LogP) is 3.72. The van der Waals surface area contributed by atoms with E-state index in [9.17, 15) is 9.90 Å². The summed E-state index contributed by atoms with van der Waals surface area (Å²) in [4.78, 5) is 19.9. The second kappa shape index (κ2) is 9.36. The van der Waals surface area contributed by atoms with Crippen molar-refractivity contribution in [2.75, 3.05) is 19.7 Å². The predicted molar refractivity (Wildman–Crippen MR) is 111 cm³/mol. The SMILES string of the molecule is Cc1cc2nc(CCCO)n(CC(=O)N(CC(C)C)CC(C)C)c2cc1C. The summed E-state index contributed by atoms with van der Waals surface area (Å²) in [6, 6.07) is 4.22. The van der Waals surface area contributed by atoms with Crippen LogP contribution in [-0.2, 0) is 17.8 Å². The van der Waals surface area contributed by atoms with Gasteiger partial charge in [-0.3, -0.25) is 4.79 Å². The molecule has 0 saturated heterocycles. The van der Waals surface area contributed by atoms with Crippen LogP contribution in [0.4, 0.5) is 0 Å². The first-order chi connectivity index (χ1) is 12.7. The van der Waals surface area contributed by atoms with E-state index in [1.165, 1.54) is 11.1 Å². The Labute approximate surface area is 163 Å². The third-order valence-corrected chi connectivity index (χ3v) is 4.82. The number of aliphatic hydroxyl groups is 1. The summed E-state index contributed by atoms with van der Waals surface area (Å²) in [5.41, 5.74) is 4.34. The molecule has 0 fully saturated rings. The molecule has 1 amide bonds. The largest absolute Gasteiger partial charge is 0.396 e. The normalized spacial score (nSPS) is 11.7. The Kier molecular flexibility index (Phi) is 7.42. The molecule has 0 bridgehead atoms.